The Morgan fingerprint density at radius 3 is 1.48 bits per heavy atom. The Morgan fingerprint density at radius 2 is 1.14 bits per heavy atom. The van der Waals surface area contributed by atoms with Gasteiger partial charge >= 0.3 is 0 Å². The third kappa shape index (κ3) is 4.41. The van der Waals surface area contributed by atoms with E-state index in [1.807, 2.05) is 0 Å². The molecule has 6 atom stereocenters. The first-order valence-electron chi connectivity index (χ1n) is 8.84. The molecule has 2 aliphatic rings. The number of allylic oxidation sites excluding steroid dienone is 2. The summed E-state index contributed by atoms with van der Waals surface area (Å²) in [5, 5.41) is 1.69. The highest BCUT2D eigenvalue weighted by molar-refractivity contribution is 8.00. The normalized spacial score (nSPS) is 40.8. The highest BCUT2D eigenvalue weighted by atomic mass is 32.2. The molecule has 2 fully saturated rings. The lowest BCUT2D eigenvalue weighted by Gasteiger charge is -2.40. The van der Waals surface area contributed by atoms with E-state index in [1.54, 1.807) is 0 Å². The first-order valence-corrected chi connectivity index (χ1v) is 9.79. The average Bonchev–Trinajstić information content (AvgIpc) is 2.43. The second-order valence-corrected chi connectivity index (χ2v) is 9.36. The third-order valence-electron chi connectivity index (χ3n) is 5.99. The van der Waals surface area contributed by atoms with Crippen molar-refractivity contribution in [1.29, 1.82) is 0 Å². The second kappa shape index (κ2) is 7.40. The molecule has 2 aliphatic carbocycles. The van der Waals surface area contributed by atoms with Crippen LogP contribution in [0.5, 0.6) is 0 Å². The standard InChI is InChI=1S/C20H34S/c1-13(2)17-9-7-15(5)19(11-17)21-20-12-18(14(3)4)10-8-16(20)6/h15-20H,1,3,7-12H2,2,4-6H3/t15?,16?,17-,18-,19?,20?/m1/s1. The van der Waals surface area contributed by atoms with Crippen molar-refractivity contribution >= 4 is 11.8 Å². The summed E-state index contributed by atoms with van der Waals surface area (Å²) in [6, 6.07) is 0. The minimum Gasteiger partial charge on any atom is -0.155 e. The molecular formula is C20H34S. The van der Waals surface area contributed by atoms with E-state index >= 15 is 0 Å². The topological polar surface area (TPSA) is 0 Å². The van der Waals surface area contributed by atoms with Crippen molar-refractivity contribution in [1.82, 2.24) is 0 Å². The first-order chi connectivity index (χ1) is 9.88. The molecule has 0 heterocycles. The van der Waals surface area contributed by atoms with Crippen LogP contribution in [0.15, 0.2) is 24.3 Å². The summed E-state index contributed by atoms with van der Waals surface area (Å²) in [5.41, 5.74) is 2.81. The van der Waals surface area contributed by atoms with Gasteiger partial charge in [0, 0.05) is 10.5 Å². The summed E-state index contributed by atoms with van der Waals surface area (Å²) in [5.74, 6) is 3.30. The lowest BCUT2D eigenvalue weighted by atomic mass is 9.79. The van der Waals surface area contributed by atoms with Gasteiger partial charge in [0.05, 0.1) is 0 Å². The largest absolute Gasteiger partial charge is 0.155 e. The van der Waals surface area contributed by atoms with Gasteiger partial charge in [0.15, 0.2) is 0 Å². The first kappa shape index (κ1) is 17.2. The van der Waals surface area contributed by atoms with Crippen LogP contribution in [-0.4, -0.2) is 10.5 Å². The summed E-state index contributed by atoms with van der Waals surface area (Å²) >= 11 is 2.32. The Balaban J connectivity index is 1.97. The van der Waals surface area contributed by atoms with Gasteiger partial charge in [0.2, 0.25) is 0 Å². The Kier molecular flexibility index (Phi) is 6.05. The van der Waals surface area contributed by atoms with E-state index in [-0.39, 0.29) is 0 Å². The zero-order valence-electron chi connectivity index (χ0n) is 14.5. The molecule has 0 bridgehead atoms. The molecule has 120 valence electrons. The van der Waals surface area contributed by atoms with E-state index in [9.17, 15) is 0 Å². The summed E-state index contributed by atoms with van der Waals surface area (Å²) in [6.45, 7) is 17.8. The van der Waals surface area contributed by atoms with E-state index < -0.39 is 0 Å². The van der Waals surface area contributed by atoms with Gasteiger partial charge in [-0.05, 0) is 76.0 Å². The Bertz CT molecular complexity index is 347. The Morgan fingerprint density at radius 1 is 0.762 bits per heavy atom. The van der Waals surface area contributed by atoms with Crippen LogP contribution in [0.1, 0.15) is 66.2 Å². The Labute approximate surface area is 136 Å². The molecule has 4 unspecified atom stereocenters. The molecule has 21 heavy (non-hydrogen) atoms. The predicted molar refractivity (Wildman–Crippen MR) is 97.8 cm³/mol. The molecule has 0 spiro atoms. The molecule has 0 radical (unpaired) electrons. The van der Waals surface area contributed by atoms with Crippen LogP contribution in [0.2, 0.25) is 0 Å². The summed E-state index contributed by atoms with van der Waals surface area (Å²) in [4.78, 5) is 0. The summed E-state index contributed by atoms with van der Waals surface area (Å²) < 4.78 is 0. The van der Waals surface area contributed by atoms with Gasteiger partial charge in [-0.1, -0.05) is 38.2 Å². The molecule has 0 N–H and O–H groups in total. The highest BCUT2D eigenvalue weighted by Crippen LogP contribution is 2.46. The van der Waals surface area contributed by atoms with E-state index in [1.165, 1.54) is 49.7 Å². The van der Waals surface area contributed by atoms with Gasteiger partial charge < -0.3 is 0 Å². The second-order valence-electron chi connectivity index (χ2n) is 7.88. The third-order valence-corrected chi connectivity index (χ3v) is 8.00. The number of hydrogen-bond donors (Lipinski definition) is 0. The molecule has 0 nitrogen and oxygen atoms in total. The molecular weight excluding hydrogens is 272 g/mol. The molecule has 1 heteroatoms. The highest BCUT2D eigenvalue weighted by Gasteiger charge is 2.34. The minimum absolute atomic E-state index is 0.773. The maximum Gasteiger partial charge on any atom is 0.00812 e. The van der Waals surface area contributed by atoms with Crippen LogP contribution in [0, 0.1) is 23.7 Å². The van der Waals surface area contributed by atoms with E-state index in [4.69, 9.17) is 0 Å². The lowest BCUT2D eigenvalue weighted by Crippen LogP contribution is -2.32. The quantitative estimate of drug-likeness (QED) is 0.535. The number of hydrogen-bond acceptors (Lipinski definition) is 1. The van der Waals surface area contributed by atoms with Crippen LogP contribution in [0.25, 0.3) is 0 Å². The zero-order chi connectivity index (χ0) is 15.6. The molecule has 0 aliphatic heterocycles. The van der Waals surface area contributed by atoms with Gasteiger partial charge in [0.1, 0.15) is 0 Å². The molecule has 0 aromatic rings. The summed E-state index contributed by atoms with van der Waals surface area (Å²) in [6.07, 6.45) is 8.23. The SMILES string of the molecule is C=C(C)[C@@H]1CCC(C)C(SC2C[C@H](C(=C)C)CCC2C)C1. The van der Waals surface area contributed by atoms with Crippen molar-refractivity contribution in [2.75, 3.05) is 0 Å². The number of rotatable bonds is 4. The fourth-order valence-corrected chi connectivity index (χ4v) is 6.00. The minimum atomic E-state index is 0.773. The fraction of sp³-hybridized carbons (Fsp3) is 0.800. The fourth-order valence-electron chi connectivity index (χ4n) is 4.06. The van der Waals surface area contributed by atoms with Crippen LogP contribution in [0.4, 0.5) is 0 Å². The predicted octanol–water partition coefficient (Wildman–Crippen LogP) is 6.48. The summed E-state index contributed by atoms with van der Waals surface area (Å²) in [7, 11) is 0. The molecule has 0 aromatic heterocycles. The van der Waals surface area contributed by atoms with E-state index in [0.29, 0.717) is 0 Å². The molecule has 0 saturated heterocycles. The van der Waals surface area contributed by atoms with Crippen molar-refractivity contribution in [3.8, 4) is 0 Å². The van der Waals surface area contributed by atoms with E-state index in [0.717, 1.165) is 34.2 Å². The van der Waals surface area contributed by atoms with Crippen LogP contribution >= 0.6 is 11.8 Å². The van der Waals surface area contributed by atoms with Gasteiger partial charge in [-0.2, -0.15) is 11.8 Å². The van der Waals surface area contributed by atoms with E-state index in [2.05, 4.69) is 52.6 Å². The van der Waals surface area contributed by atoms with Crippen LogP contribution in [0.3, 0.4) is 0 Å². The van der Waals surface area contributed by atoms with Crippen LogP contribution in [-0.2, 0) is 0 Å². The van der Waals surface area contributed by atoms with Crippen molar-refractivity contribution in [3.63, 3.8) is 0 Å². The molecule has 0 aromatic carbocycles. The van der Waals surface area contributed by atoms with Crippen LogP contribution < -0.4 is 0 Å². The van der Waals surface area contributed by atoms with Crippen molar-refractivity contribution in [3.05, 3.63) is 24.3 Å². The van der Waals surface area contributed by atoms with Gasteiger partial charge in [-0.3, -0.25) is 0 Å². The van der Waals surface area contributed by atoms with Crippen molar-refractivity contribution in [2.45, 2.75) is 76.7 Å². The van der Waals surface area contributed by atoms with Crippen molar-refractivity contribution < 1.29 is 0 Å². The molecule has 2 saturated carbocycles. The smallest absolute Gasteiger partial charge is 0.00812 e. The monoisotopic (exact) mass is 306 g/mol. The number of thioether (sulfide) groups is 1. The molecule has 0 amide bonds. The lowest BCUT2D eigenvalue weighted by molar-refractivity contribution is 0.314. The zero-order valence-corrected chi connectivity index (χ0v) is 15.3. The maximum absolute atomic E-state index is 4.21. The van der Waals surface area contributed by atoms with Gasteiger partial charge in [-0.25, -0.2) is 0 Å². The van der Waals surface area contributed by atoms with Crippen molar-refractivity contribution in [2.24, 2.45) is 23.7 Å². The van der Waals surface area contributed by atoms with Gasteiger partial charge in [-0.15, -0.1) is 0 Å². The average molecular weight is 307 g/mol. The Hall–Kier alpha value is -0.170. The molecule has 2 rings (SSSR count). The van der Waals surface area contributed by atoms with Gasteiger partial charge in [0.25, 0.3) is 0 Å². The maximum atomic E-state index is 4.21.